The van der Waals surface area contributed by atoms with Crippen molar-refractivity contribution < 1.29 is 17.9 Å². The van der Waals surface area contributed by atoms with E-state index >= 15 is 0 Å². The predicted octanol–water partition coefficient (Wildman–Crippen LogP) is 3.82. The second-order valence-corrected chi connectivity index (χ2v) is 9.53. The number of anilines is 2. The number of ether oxygens (including phenoxy) is 1. The van der Waals surface area contributed by atoms with E-state index in [1.807, 2.05) is 6.92 Å². The number of hydrogen-bond acceptors (Lipinski definition) is 4. The highest BCUT2D eigenvalue weighted by atomic mass is 32.2. The van der Waals surface area contributed by atoms with E-state index in [2.05, 4.69) is 0 Å². The molecule has 0 N–H and O–H groups in total. The van der Waals surface area contributed by atoms with E-state index < -0.39 is 10.0 Å². The molecule has 1 saturated carbocycles. The Balaban J connectivity index is 1.67. The van der Waals surface area contributed by atoms with Gasteiger partial charge >= 0.3 is 0 Å². The molecule has 2 aliphatic rings. The Morgan fingerprint density at radius 2 is 1.72 bits per heavy atom. The van der Waals surface area contributed by atoms with E-state index in [-0.39, 0.29) is 16.8 Å². The first-order valence-corrected chi connectivity index (χ1v) is 11.4. The molecule has 1 aliphatic carbocycles. The SMILES string of the molecule is COc1ccc(N(C(C)C2CC2)S(=O)(=O)c2ccc(N3CCCC3=O)cc2)cc1. The molecule has 1 atom stereocenters. The summed E-state index contributed by atoms with van der Waals surface area (Å²) < 4.78 is 33.9. The average Bonchev–Trinajstić information content (AvgIpc) is 3.49. The Labute approximate surface area is 172 Å². The molecule has 29 heavy (non-hydrogen) atoms. The second-order valence-electron chi connectivity index (χ2n) is 7.72. The fourth-order valence-electron chi connectivity index (χ4n) is 3.92. The van der Waals surface area contributed by atoms with Crippen molar-refractivity contribution in [1.82, 2.24) is 0 Å². The molecular formula is C22H26N2O4S. The topological polar surface area (TPSA) is 66.9 Å². The number of benzene rings is 2. The van der Waals surface area contributed by atoms with Crippen LogP contribution in [0.15, 0.2) is 53.4 Å². The molecule has 6 nitrogen and oxygen atoms in total. The van der Waals surface area contributed by atoms with E-state index in [4.69, 9.17) is 4.74 Å². The second kappa shape index (κ2) is 7.71. The summed E-state index contributed by atoms with van der Waals surface area (Å²) >= 11 is 0. The molecule has 1 saturated heterocycles. The number of hydrogen-bond donors (Lipinski definition) is 0. The zero-order valence-corrected chi connectivity index (χ0v) is 17.6. The summed E-state index contributed by atoms with van der Waals surface area (Å²) in [6.45, 7) is 2.65. The fraction of sp³-hybridized carbons (Fsp3) is 0.409. The van der Waals surface area contributed by atoms with Crippen LogP contribution in [0.1, 0.15) is 32.6 Å². The number of amides is 1. The zero-order chi connectivity index (χ0) is 20.6. The van der Waals surface area contributed by atoms with Crippen LogP contribution in [0.5, 0.6) is 5.75 Å². The Morgan fingerprint density at radius 3 is 2.24 bits per heavy atom. The summed E-state index contributed by atoms with van der Waals surface area (Å²) in [6.07, 6.45) is 3.46. The molecule has 1 aliphatic heterocycles. The highest BCUT2D eigenvalue weighted by Crippen LogP contribution is 2.40. The minimum Gasteiger partial charge on any atom is -0.497 e. The molecule has 0 bridgehead atoms. The van der Waals surface area contributed by atoms with Crippen LogP contribution >= 0.6 is 0 Å². The molecule has 2 fully saturated rings. The summed E-state index contributed by atoms with van der Waals surface area (Å²) in [5.74, 6) is 1.14. The third-order valence-corrected chi connectivity index (χ3v) is 7.71. The van der Waals surface area contributed by atoms with Crippen LogP contribution < -0.4 is 13.9 Å². The van der Waals surface area contributed by atoms with Gasteiger partial charge in [0.05, 0.1) is 17.7 Å². The first-order chi connectivity index (χ1) is 13.9. The summed E-state index contributed by atoms with van der Waals surface area (Å²) in [5.41, 5.74) is 1.38. The van der Waals surface area contributed by atoms with Crippen molar-refractivity contribution in [3.05, 3.63) is 48.5 Å². The third-order valence-electron chi connectivity index (χ3n) is 5.78. The number of rotatable bonds is 7. The van der Waals surface area contributed by atoms with Gasteiger partial charge in [-0.2, -0.15) is 0 Å². The van der Waals surface area contributed by atoms with Crippen LogP contribution in [-0.4, -0.2) is 34.0 Å². The molecule has 0 spiro atoms. The smallest absolute Gasteiger partial charge is 0.264 e. The maximum atomic E-state index is 13.6. The first kappa shape index (κ1) is 19.8. The largest absolute Gasteiger partial charge is 0.497 e. The van der Waals surface area contributed by atoms with Crippen molar-refractivity contribution in [3.63, 3.8) is 0 Å². The van der Waals surface area contributed by atoms with Gasteiger partial charge in [-0.25, -0.2) is 8.42 Å². The molecule has 154 valence electrons. The van der Waals surface area contributed by atoms with Crippen LogP contribution in [-0.2, 0) is 14.8 Å². The van der Waals surface area contributed by atoms with Gasteiger partial charge in [0.1, 0.15) is 5.75 Å². The van der Waals surface area contributed by atoms with Gasteiger partial charge in [0.15, 0.2) is 0 Å². The zero-order valence-electron chi connectivity index (χ0n) is 16.7. The number of sulfonamides is 1. The van der Waals surface area contributed by atoms with Gasteiger partial charge in [-0.1, -0.05) is 0 Å². The molecular weight excluding hydrogens is 388 g/mol. The average molecular weight is 415 g/mol. The Hall–Kier alpha value is -2.54. The van der Waals surface area contributed by atoms with Crippen molar-refractivity contribution in [1.29, 1.82) is 0 Å². The van der Waals surface area contributed by atoms with E-state index in [1.165, 1.54) is 4.31 Å². The Bertz CT molecular complexity index is 982. The standard InChI is InChI=1S/C22H26N2O4S/c1-16(17-5-6-17)24(19-7-11-20(28-2)12-8-19)29(26,27)21-13-9-18(10-14-21)23-15-3-4-22(23)25/h7-14,16-17H,3-6,15H2,1-2H3. The Morgan fingerprint density at radius 1 is 1.07 bits per heavy atom. The Kier molecular flexibility index (Phi) is 5.25. The summed E-state index contributed by atoms with van der Waals surface area (Å²) in [5, 5.41) is 0. The van der Waals surface area contributed by atoms with E-state index in [1.54, 1.807) is 60.5 Å². The fourth-order valence-corrected chi connectivity index (χ4v) is 5.64. The number of carbonyl (C=O) groups is 1. The highest BCUT2D eigenvalue weighted by molar-refractivity contribution is 7.92. The van der Waals surface area contributed by atoms with Crippen molar-refractivity contribution >= 4 is 27.3 Å². The van der Waals surface area contributed by atoms with Gasteiger partial charge < -0.3 is 9.64 Å². The molecule has 7 heteroatoms. The lowest BCUT2D eigenvalue weighted by atomic mass is 10.2. The number of methoxy groups -OCH3 is 1. The molecule has 0 radical (unpaired) electrons. The lowest BCUT2D eigenvalue weighted by Gasteiger charge is -2.31. The van der Waals surface area contributed by atoms with Crippen molar-refractivity contribution in [2.75, 3.05) is 22.9 Å². The third kappa shape index (κ3) is 3.83. The summed E-state index contributed by atoms with van der Waals surface area (Å²) in [6, 6.07) is 13.7. The number of nitrogens with zero attached hydrogens (tertiary/aromatic N) is 2. The molecule has 1 heterocycles. The summed E-state index contributed by atoms with van der Waals surface area (Å²) in [7, 11) is -2.16. The lowest BCUT2D eigenvalue weighted by Crippen LogP contribution is -2.40. The molecule has 1 amide bonds. The van der Waals surface area contributed by atoms with Crippen LogP contribution in [0.2, 0.25) is 0 Å². The van der Waals surface area contributed by atoms with Crippen LogP contribution in [0.3, 0.4) is 0 Å². The van der Waals surface area contributed by atoms with E-state index in [0.717, 1.165) is 24.9 Å². The molecule has 1 unspecified atom stereocenters. The molecule has 0 aromatic heterocycles. The molecule has 4 rings (SSSR count). The minimum atomic E-state index is -3.74. The maximum Gasteiger partial charge on any atom is 0.264 e. The molecule has 2 aromatic rings. The normalized spacial score (nSPS) is 18.0. The van der Waals surface area contributed by atoms with Crippen LogP contribution in [0.25, 0.3) is 0 Å². The molecule has 2 aromatic carbocycles. The predicted molar refractivity (Wildman–Crippen MR) is 113 cm³/mol. The summed E-state index contributed by atoms with van der Waals surface area (Å²) in [4.78, 5) is 13.9. The van der Waals surface area contributed by atoms with Crippen molar-refractivity contribution in [3.8, 4) is 5.75 Å². The van der Waals surface area contributed by atoms with Crippen LogP contribution in [0, 0.1) is 5.92 Å². The highest BCUT2D eigenvalue weighted by Gasteiger charge is 2.38. The number of carbonyl (C=O) groups excluding carboxylic acids is 1. The van der Waals surface area contributed by atoms with Gasteiger partial charge in [-0.15, -0.1) is 0 Å². The maximum absolute atomic E-state index is 13.6. The van der Waals surface area contributed by atoms with Crippen LogP contribution in [0.4, 0.5) is 11.4 Å². The van der Waals surface area contributed by atoms with Gasteiger partial charge in [0.2, 0.25) is 5.91 Å². The van der Waals surface area contributed by atoms with Gasteiger partial charge in [-0.3, -0.25) is 9.10 Å². The lowest BCUT2D eigenvalue weighted by molar-refractivity contribution is -0.117. The van der Waals surface area contributed by atoms with Gasteiger partial charge in [0.25, 0.3) is 10.0 Å². The van der Waals surface area contributed by atoms with Crippen molar-refractivity contribution in [2.24, 2.45) is 5.92 Å². The minimum absolute atomic E-state index is 0.0859. The van der Waals surface area contributed by atoms with E-state index in [9.17, 15) is 13.2 Å². The van der Waals surface area contributed by atoms with E-state index in [0.29, 0.717) is 30.3 Å². The monoisotopic (exact) mass is 414 g/mol. The van der Waals surface area contributed by atoms with Gasteiger partial charge in [0, 0.05) is 24.7 Å². The first-order valence-electron chi connectivity index (χ1n) is 10.0. The van der Waals surface area contributed by atoms with Gasteiger partial charge in [-0.05, 0) is 80.6 Å². The quantitative estimate of drug-likeness (QED) is 0.691. The van der Waals surface area contributed by atoms with Crippen molar-refractivity contribution in [2.45, 2.75) is 43.5 Å².